The third-order valence-electron chi connectivity index (χ3n) is 6.32. The summed E-state index contributed by atoms with van der Waals surface area (Å²) in [7, 11) is -6.97. The van der Waals surface area contributed by atoms with Gasteiger partial charge in [0.15, 0.2) is 6.61 Å². The van der Waals surface area contributed by atoms with E-state index in [1.807, 2.05) is 0 Å². The summed E-state index contributed by atoms with van der Waals surface area (Å²) in [6.07, 6.45) is 3.51. The summed E-state index contributed by atoms with van der Waals surface area (Å²) < 4.78 is 59.2. The minimum absolute atomic E-state index is 0.222. The number of rotatable bonds is 9. The molecule has 1 N–H and O–H groups in total. The van der Waals surface area contributed by atoms with Crippen LogP contribution in [0, 0.1) is 6.92 Å². The van der Waals surface area contributed by atoms with Crippen molar-refractivity contribution in [2.24, 2.45) is 0 Å². The molecule has 2 aliphatic heterocycles. The van der Waals surface area contributed by atoms with E-state index in [9.17, 15) is 21.6 Å². The topological polar surface area (TPSA) is 113 Å². The molecule has 2 fully saturated rings. The molecule has 2 aromatic rings. The molecular weight excluding hydrogens is 490 g/mol. The quantitative estimate of drug-likeness (QED) is 0.542. The Morgan fingerprint density at radius 1 is 0.829 bits per heavy atom. The Bertz CT molecular complexity index is 1260. The maximum absolute atomic E-state index is 12.7. The van der Waals surface area contributed by atoms with Crippen LogP contribution in [-0.4, -0.2) is 64.1 Å². The number of ether oxygens (including phenoxy) is 1. The Balaban J connectivity index is 1.28. The van der Waals surface area contributed by atoms with Crippen molar-refractivity contribution in [2.45, 2.75) is 48.9 Å². The van der Waals surface area contributed by atoms with Gasteiger partial charge in [-0.1, -0.05) is 12.1 Å². The van der Waals surface area contributed by atoms with Gasteiger partial charge < -0.3 is 10.1 Å². The lowest BCUT2D eigenvalue weighted by Crippen LogP contribution is -2.29. The van der Waals surface area contributed by atoms with Gasteiger partial charge in [0.05, 0.1) is 9.79 Å². The van der Waals surface area contributed by atoms with Crippen molar-refractivity contribution in [3.05, 3.63) is 53.6 Å². The number of amides is 1. The second kappa shape index (κ2) is 10.7. The average Bonchev–Trinajstić information content (AvgIpc) is 3.57. The third-order valence-corrected chi connectivity index (χ3v) is 10.1. The Hall–Kier alpha value is -2.47. The molecule has 0 unspecified atom stereocenters. The van der Waals surface area contributed by atoms with Crippen molar-refractivity contribution in [3.63, 3.8) is 0 Å². The van der Waals surface area contributed by atoms with E-state index in [2.05, 4.69) is 5.32 Å². The van der Waals surface area contributed by atoms with Crippen molar-refractivity contribution >= 4 is 26.0 Å². The van der Waals surface area contributed by atoms with E-state index >= 15 is 0 Å². The molecule has 0 saturated carbocycles. The lowest BCUT2D eigenvalue weighted by Gasteiger charge is -2.17. The smallest absolute Gasteiger partial charge is 0.258 e. The van der Waals surface area contributed by atoms with Gasteiger partial charge in [-0.3, -0.25) is 4.79 Å². The summed E-state index contributed by atoms with van der Waals surface area (Å²) >= 11 is 0. The molecule has 2 heterocycles. The zero-order valence-corrected chi connectivity index (χ0v) is 21.4. The maximum atomic E-state index is 12.7. The number of nitrogens with zero attached hydrogens (tertiary/aromatic N) is 2. The van der Waals surface area contributed by atoms with Crippen LogP contribution in [-0.2, 0) is 31.4 Å². The molecule has 9 nitrogen and oxygen atoms in total. The van der Waals surface area contributed by atoms with Gasteiger partial charge >= 0.3 is 0 Å². The molecule has 0 aromatic heterocycles. The van der Waals surface area contributed by atoms with Gasteiger partial charge in [0.1, 0.15) is 5.75 Å². The highest BCUT2D eigenvalue weighted by atomic mass is 32.2. The molecule has 2 aliphatic rings. The predicted octanol–water partition coefficient (Wildman–Crippen LogP) is 2.26. The molecule has 0 spiro atoms. The van der Waals surface area contributed by atoms with Crippen LogP contribution in [0.1, 0.15) is 36.8 Å². The van der Waals surface area contributed by atoms with Crippen LogP contribution in [0.15, 0.2) is 52.3 Å². The van der Waals surface area contributed by atoms with Gasteiger partial charge in [-0.25, -0.2) is 16.8 Å². The zero-order chi connectivity index (χ0) is 25.1. The monoisotopic (exact) mass is 521 g/mol. The molecule has 11 heteroatoms. The highest BCUT2D eigenvalue weighted by Crippen LogP contribution is 2.26. The van der Waals surface area contributed by atoms with Crippen LogP contribution < -0.4 is 10.1 Å². The molecule has 190 valence electrons. The number of carbonyl (C=O) groups excluding carboxylic acids is 1. The first-order chi connectivity index (χ1) is 16.7. The lowest BCUT2D eigenvalue weighted by atomic mass is 10.2. The van der Waals surface area contributed by atoms with Crippen molar-refractivity contribution in [1.29, 1.82) is 0 Å². The number of hydrogen-bond acceptors (Lipinski definition) is 6. The summed E-state index contributed by atoms with van der Waals surface area (Å²) in [4.78, 5) is 12.7. The van der Waals surface area contributed by atoms with E-state index in [0.29, 0.717) is 37.5 Å². The minimum atomic E-state index is -3.51. The van der Waals surface area contributed by atoms with E-state index in [1.165, 1.54) is 14.7 Å². The van der Waals surface area contributed by atoms with E-state index in [1.54, 1.807) is 43.3 Å². The van der Waals surface area contributed by atoms with Gasteiger partial charge in [-0.2, -0.15) is 8.61 Å². The number of carbonyl (C=O) groups is 1. The van der Waals surface area contributed by atoms with Crippen LogP contribution >= 0.6 is 0 Å². The molecule has 0 aliphatic carbocycles. The molecule has 35 heavy (non-hydrogen) atoms. The van der Waals surface area contributed by atoms with Gasteiger partial charge in [0, 0.05) is 32.7 Å². The van der Waals surface area contributed by atoms with E-state index in [-0.39, 0.29) is 28.8 Å². The molecule has 2 saturated heterocycles. The molecule has 4 rings (SSSR count). The van der Waals surface area contributed by atoms with Crippen LogP contribution in [0.4, 0.5) is 0 Å². The molecule has 0 atom stereocenters. The van der Waals surface area contributed by atoms with Crippen LogP contribution in [0.3, 0.4) is 0 Å². The summed E-state index contributed by atoms with van der Waals surface area (Å²) in [5, 5.41) is 2.75. The first-order valence-electron chi connectivity index (χ1n) is 11.8. The van der Waals surface area contributed by atoms with Crippen molar-refractivity contribution in [1.82, 2.24) is 13.9 Å². The first kappa shape index (κ1) is 25.6. The van der Waals surface area contributed by atoms with E-state index in [0.717, 1.165) is 31.2 Å². The fourth-order valence-corrected chi connectivity index (χ4v) is 7.39. The van der Waals surface area contributed by atoms with Gasteiger partial charge in [0.25, 0.3) is 5.91 Å². The maximum Gasteiger partial charge on any atom is 0.258 e. The second-order valence-electron chi connectivity index (χ2n) is 8.86. The summed E-state index contributed by atoms with van der Waals surface area (Å²) in [6.45, 7) is 3.94. The molecular formula is C24H31N3O6S2. The fourth-order valence-electron chi connectivity index (χ4n) is 4.27. The number of benzene rings is 2. The average molecular weight is 522 g/mol. The third kappa shape index (κ3) is 5.85. The number of sulfonamides is 2. The zero-order valence-electron chi connectivity index (χ0n) is 19.8. The standard InChI is InChI=1S/C24H31N3O6S2/c1-19-16-22(35(31,32)27-14-4-5-15-27)10-11-23(19)33-18-24(28)25-17-20-6-8-21(9-7-20)34(29,30)26-12-2-3-13-26/h6-11,16H,2-5,12-15,17-18H2,1H3,(H,25,28). The van der Waals surface area contributed by atoms with Crippen molar-refractivity contribution in [3.8, 4) is 5.75 Å². The Labute approximate surface area is 207 Å². The van der Waals surface area contributed by atoms with E-state index in [4.69, 9.17) is 4.74 Å². The van der Waals surface area contributed by atoms with Gasteiger partial charge in [-0.05, 0) is 74.1 Å². The predicted molar refractivity (Wildman–Crippen MR) is 131 cm³/mol. The van der Waals surface area contributed by atoms with Crippen molar-refractivity contribution < 1.29 is 26.4 Å². The second-order valence-corrected chi connectivity index (χ2v) is 12.7. The largest absolute Gasteiger partial charge is 0.484 e. The van der Waals surface area contributed by atoms with Crippen LogP contribution in [0.2, 0.25) is 0 Å². The number of nitrogens with one attached hydrogen (secondary N) is 1. The first-order valence-corrected chi connectivity index (χ1v) is 14.7. The Morgan fingerprint density at radius 3 is 1.89 bits per heavy atom. The molecule has 0 bridgehead atoms. The minimum Gasteiger partial charge on any atom is -0.484 e. The molecule has 1 amide bonds. The van der Waals surface area contributed by atoms with Crippen molar-refractivity contribution in [2.75, 3.05) is 32.8 Å². The van der Waals surface area contributed by atoms with E-state index < -0.39 is 20.0 Å². The summed E-state index contributed by atoms with van der Waals surface area (Å²) in [5.41, 5.74) is 1.40. The van der Waals surface area contributed by atoms with Crippen LogP contribution in [0.25, 0.3) is 0 Å². The summed E-state index contributed by atoms with van der Waals surface area (Å²) in [6, 6.07) is 11.1. The summed E-state index contributed by atoms with van der Waals surface area (Å²) in [5.74, 6) is 0.101. The van der Waals surface area contributed by atoms with Crippen LogP contribution in [0.5, 0.6) is 5.75 Å². The van der Waals surface area contributed by atoms with Gasteiger partial charge in [-0.15, -0.1) is 0 Å². The lowest BCUT2D eigenvalue weighted by molar-refractivity contribution is -0.123. The SMILES string of the molecule is Cc1cc(S(=O)(=O)N2CCCC2)ccc1OCC(=O)NCc1ccc(S(=O)(=O)N2CCCC2)cc1. The normalized spacial score (nSPS) is 17.5. The highest BCUT2D eigenvalue weighted by Gasteiger charge is 2.28. The highest BCUT2D eigenvalue weighted by molar-refractivity contribution is 7.89. The molecule has 0 radical (unpaired) electrons. The number of aryl methyl sites for hydroxylation is 1. The Kier molecular flexibility index (Phi) is 7.80. The molecule has 2 aromatic carbocycles. The number of hydrogen-bond donors (Lipinski definition) is 1. The fraction of sp³-hybridized carbons (Fsp3) is 0.458. The van der Waals surface area contributed by atoms with Gasteiger partial charge in [0.2, 0.25) is 20.0 Å². The Morgan fingerprint density at radius 2 is 1.34 bits per heavy atom.